The molecule has 1 aliphatic rings. The number of benzene rings is 1. The SMILES string of the molecule is COc1ccc2[nH]cc(CCNC3CCN(C(=O)c4ccncc4)CC3)c2c1. The van der Waals surface area contributed by atoms with Gasteiger partial charge in [-0.1, -0.05) is 0 Å². The van der Waals surface area contributed by atoms with Crippen molar-refractivity contribution in [1.82, 2.24) is 20.2 Å². The molecule has 6 heteroatoms. The van der Waals surface area contributed by atoms with E-state index in [0.717, 1.165) is 55.7 Å². The van der Waals surface area contributed by atoms with Gasteiger partial charge in [-0.25, -0.2) is 0 Å². The lowest BCUT2D eigenvalue weighted by Crippen LogP contribution is -2.45. The number of pyridine rings is 1. The van der Waals surface area contributed by atoms with Crippen molar-refractivity contribution < 1.29 is 9.53 Å². The molecule has 2 N–H and O–H groups in total. The van der Waals surface area contributed by atoms with Crippen molar-refractivity contribution in [3.63, 3.8) is 0 Å². The molecule has 4 rings (SSSR count). The number of methoxy groups -OCH3 is 1. The molecule has 2 aromatic heterocycles. The van der Waals surface area contributed by atoms with Crippen LogP contribution in [0.3, 0.4) is 0 Å². The van der Waals surface area contributed by atoms with Crippen LogP contribution in [-0.4, -0.2) is 53.6 Å². The average molecular weight is 378 g/mol. The smallest absolute Gasteiger partial charge is 0.253 e. The lowest BCUT2D eigenvalue weighted by Gasteiger charge is -2.32. The summed E-state index contributed by atoms with van der Waals surface area (Å²) in [7, 11) is 1.70. The van der Waals surface area contributed by atoms with Crippen molar-refractivity contribution in [3.05, 3.63) is 60.0 Å². The van der Waals surface area contributed by atoms with Crippen LogP contribution in [-0.2, 0) is 6.42 Å². The number of hydrogen-bond donors (Lipinski definition) is 2. The van der Waals surface area contributed by atoms with Crippen molar-refractivity contribution in [2.75, 3.05) is 26.7 Å². The van der Waals surface area contributed by atoms with E-state index in [4.69, 9.17) is 4.74 Å². The van der Waals surface area contributed by atoms with Gasteiger partial charge in [-0.3, -0.25) is 9.78 Å². The third-order valence-electron chi connectivity index (χ3n) is 5.51. The van der Waals surface area contributed by atoms with Crippen molar-refractivity contribution in [3.8, 4) is 5.75 Å². The molecule has 0 bridgehead atoms. The van der Waals surface area contributed by atoms with Crippen LogP contribution in [0.15, 0.2) is 48.9 Å². The van der Waals surface area contributed by atoms with E-state index < -0.39 is 0 Å². The third-order valence-corrected chi connectivity index (χ3v) is 5.51. The van der Waals surface area contributed by atoms with E-state index in [1.165, 1.54) is 10.9 Å². The predicted octanol–water partition coefficient (Wildman–Crippen LogP) is 3.01. The molecule has 28 heavy (non-hydrogen) atoms. The lowest BCUT2D eigenvalue weighted by atomic mass is 10.0. The molecule has 1 fully saturated rings. The zero-order valence-electron chi connectivity index (χ0n) is 16.1. The first-order valence-electron chi connectivity index (χ1n) is 9.81. The summed E-state index contributed by atoms with van der Waals surface area (Å²) in [5, 5.41) is 4.88. The number of hydrogen-bond acceptors (Lipinski definition) is 4. The number of aromatic nitrogens is 2. The number of carbonyl (C=O) groups excluding carboxylic acids is 1. The van der Waals surface area contributed by atoms with Crippen LogP contribution in [0, 0.1) is 0 Å². The first-order chi connectivity index (χ1) is 13.7. The van der Waals surface area contributed by atoms with Gasteiger partial charge in [-0.2, -0.15) is 0 Å². The molecule has 0 radical (unpaired) electrons. The number of aromatic amines is 1. The van der Waals surface area contributed by atoms with E-state index in [9.17, 15) is 4.79 Å². The van der Waals surface area contributed by atoms with Gasteiger partial charge in [0.2, 0.25) is 0 Å². The largest absolute Gasteiger partial charge is 0.497 e. The number of rotatable bonds is 6. The van der Waals surface area contributed by atoms with E-state index in [-0.39, 0.29) is 5.91 Å². The van der Waals surface area contributed by atoms with E-state index in [2.05, 4.69) is 33.6 Å². The summed E-state index contributed by atoms with van der Waals surface area (Å²) in [5.41, 5.74) is 3.15. The monoisotopic (exact) mass is 378 g/mol. The fraction of sp³-hybridized carbons (Fsp3) is 0.364. The number of ether oxygens (including phenoxy) is 1. The highest BCUT2D eigenvalue weighted by Gasteiger charge is 2.23. The minimum atomic E-state index is 0.105. The fourth-order valence-electron chi connectivity index (χ4n) is 3.87. The maximum atomic E-state index is 12.5. The van der Waals surface area contributed by atoms with Crippen LogP contribution in [0.1, 0.15) is 28.8 Å². The van der Waals surface area contributed by atoms with Crippen LogP contribution < -0.4 is 10.1 Å². The van der Waals surface area contributed by atoms with E-state index in [1.807, 2.05) is 11.0 Å². The van der Waals surface area contributed by atoms with Gasteiger partial charge in [0.05, 0.1) is 7.11 Å². The Balaban J connectivity index is 1.26. The fourth-order valence-corrected chi connectivity index (χ4v) is 3.87. The number of carbonyl (C=O) groups is 1. The number of H-pyrrole nitrogens is 1. The molecule has 0 spiro atoms. The van der Waals surface area contributed by atoms with Gasteiger partial charge in [0.15, 0.2) is 0 Å². The Labute approximate surface area is 164 Å². The lowest BCUT2D eigenvalue weighted by molar-refractivity contribution is 0.0705. The van der Waals surface area contributed by atoms with Crippen molar-refractivity contribution >= 4 is 16.8 Å². The molecule has 0 unspecified atom stereocenters. The standard InChI is InChI=1S/C22H26N4O2/c1-28-19-2-3-21-20(14-19)17(15-25-21)6-11-24-18-7-12-26(13-8-18)22(27)16-4-9-23-10-5-16/h2-5,9-10,14-15,18,24-25H,6-8,11-13H2,1H3. The summed E-state index contributed by atoms with van der Waals surface area (Å²) in [4.78, 5) is 21.8. The highest BCUT2D eigenvalue weighted by Crippen LogP contribution is 2.24. The van der Waals surface area contributed by atoms with Crippen LogP contribution in [0.2, 0.25) is 0 Å². The quantitative estimate of drug-likeness (QED) is 0.692. The van der Waals surface area contributed by atoms with Gasteiger partial charge in [0.1, 0.15) is 5.75 Å². The summed E-state index contributed by atoms with van der Waals surface area (Å²) in [6, 6.07) is 10.1. The van der Waals surface area contributed by atoms with E-state index in [0.29, 0.717) is 6.04 Å². The predicted molar refractivity (Wildman–Crippen MR) is 110 cm³/mol. The van der Waals surface area contributed by atoms with Gasteiger partial charge in [0, 0.05) is 54.2 Å². The Morgan fingerprint density at radius 1 is 1.25 bits per heavy atom. The molecule has 0 saturated carbocycles. The van der Waals surface area contributed by atoms with Gasteiger partial charge in [-0.05, 0) is 61.7 Å². The zero-order chi connectivity index (χ0) is 19.3. The maximum Gasteiger partial charge on any atom is 0.253 e. The van der Waals surface area contributed by atoms with Gasteiger partial charge in [-0.15, -0.1) is 0 Å². The second-order valence-corrected chi connectivity index (χ2v) is 7.23. The first kappa shape index (κ1) is 18.5. The Kier molecular flexibility index (Phi) is 5.58. The highest BCUT2D eigenvalue weighted by atomic mass is 16.5. The minimum absolute atomic E-state index is 0.105. The summed E-state index contributed by atoms with van der Waals surface area (Å²) >= 11 is 0. The van der Waals surface area contributed by atoms with Crippen molar-refractivity contribution in [1.29, 1.82) is 0 Å². The third kappa shape index (κ3) is 4.02. The number of nitrogens with one attached hydrogen (secondary N) is 2. The van der Waals surface area contributed by atoms with Crippen LogP contribution in [0.4, 0.5) is 0 Å². The molecule has 6 nitrogen and oxygen atoms in total. The molecule has 3 aromatic rings. The summed E-state index contributed by atoms with van der Waals surface area (Å²) in [6.07, 6.45) is 8.35. The van der Waals surface area contributed by atoms with Crippen molar-refractivity contribution in [2.24, 2.45) is 0 Å². The molecule has 0 aliphatic carbocycles. The summed E-state index contributed by atoms with van der Waals surface area (Å²) in [6.45, 7) is 2.51. The Bertz CT molecular complexity index is 930. The molecule has 1 aliphatic heterocycles. The van der Waals surface area contributed by atoms with Crippen LogP contribution in [0.5, 0.6) is 5.75 Å². The molecule has 1 aromatic carbocycles. The maximum absolute atomic E-state index is 12.5. The topological polar surface area (TPSA) is 70.2 Å². The second-order valence-electron chi connectivity index (χ2n) is 7.23. The number of nitrogens with zero attached hydrogens (tertiary/aromatic N) is 2. The second kappa shape index (κ2) is 8.44. The normalized spacial score (nSPS) is 15.1. The van der Waals surface area contributed by atoms with Gasteiger partial charge >= 0.3 is 0 Å². The first-order valence-corrected chi connectivity index (χ1v) is 9.81. The highest BCUT2D eigenvalue weighted by molar-refractivity contribution is 5.94. The molecule has 3 heterocycles. The molecule has 146 valence electrons. The zero-order valence-corrected chi connectivity index (χ0v) is 16.1. The summed E-state index contributed by atoms with van der Waals surface area (Å²) in [5.74, 6) is 0.987. The Morgan fingerprint density at radius 2 is 2.04 bits per heavy atom. The minimum Gasteiger partial charge on any atom is -0.497 e. The Morgan fingerprint density at radius 3 is 2.79 bits per heavy atom. The van der Waals surface area contributed by atoms with Gasteiger partial charge in [0.25, 0.3) is 5.91 Å². The molecule has 0 atom stereocenters. The average Bonchev–Trinajstić information content (AvgIpc) is 3.16. The number of piperidine rings is 1. The molecule has 1 saturated heterocycles. The number of likely N-dealkylation sites (tertiary alicyclic amines) is 1. The number of fused-ring (bicyclic) bond motifs is 1. The molecular weight excluding hydrogens is 352 g/mol. The summed E-state index contributed by atoms with van der Waals surface area (Å²) < 4.78 is 5.34. The van der Waals surface area contributed by atoms with Crippen LogP contribution in [0.25, 0.3) is 10.9 Å². The van der Waals surface area contributed by atoms with E-state index in [1.54, 1.807) is 31.6 Å². The Hall–Kier alpha value is -2.86. The van der Waals surface area contributed by atoms with E-state index >= 15 is 0 Å². The molecule has 1 amide bonds. The molecular formula is C22H26N4O2. The van der Waals surface area contributed by atoms with Gasteiger partial charge < -0.3 is 19.9 Å². The van der Waals surface area contributed by atoms with Crippen molar-refractivity contribution in [2.45, 2.75) is 25.3 Å². The number of amides is 1. The van der Waals surface area contributed by atoms with Crippen LogP contribution >= 0.6 is 0 Å².